The highest BCUT2D eigenvalue weighted by molar-refractivity contribution is 5.81. The summed E-state index contributed by atoms with van der Waals surface area (Å²) in [5.41, 5.74) is -1.69. The van der Waals surface area contributed by atoms with Gasteiger partial charge in [0, 0.05) is 19.0 Å². The first-order valence-electron chi connectivity index (χ1n) is 13.7. The number of rotatable bonds is 15. The van der Waals surface area contributed by atoms with E-state index in [0.717, 1.165) is 51.5 Å². The number of nitrogens with zero attached hydrogens (tertiary/aromatic N) is 1. The fraction of sp³-hybridized carbons (Fsp3) is 0.893. The van der Waals surface area contributed by atoms with E-state index in [4.69, 9.17) is 9.47 Å². The van der Waals surface area contributed by atoms with E-state index in [9.17, 15) is 14.4 Å². The standard InChI is InChI=1S/C28H51NO5/c1-8-12-16-23(9-2)20-34-25(31)27(6,10-3)21-28(7,26(32)33-11-4)19-22(5)29-18-15-13-14-17-24(29)30/h22-23H,8-21H2,1-7H3. The summed E-state index contributed by atoms with van der Waals surface area (Å²) in [7, 11) is 0. The minimum Gasteiger partial charge on any atom is -0.466 e. The average molecular weight is 482 g/mol. The Kier molecular flexibility index (Phi) is 13.2. The number of likely N-dealkylation sites (tertiary alicyclic amines) is 1. The molecule has 1 amide bonds. The van der Waals surface area contributed by atoms with Crippen molar-refractivity contribution in [3.8, 4) is 0 Å². The Morgan fingerprint density at radius 2 is 1.68 bits per heavy atom. The number of ether oxygens (including phenoxy) is 2. The second kappa shape index (κ2) is 14.7. The molecule has 34 heavy (non-hydrogen) atoms. The zero-order valence-electron chi connectivity index (χ0n) is 23.0. The lowest BCUT2D eigenvalue weighted by molar-refractivity contribution is -0.166. The first-order valence-corrected chi connectivity index (χ1v) is 13.7. The fourth-order valence-electron chi connectivity index (χ4n) is 5.23. The van der Waals surface area contributed by atoms with Crippen molar-refractivity contribution in [3.63, 3.8) is 0 Å². The first kappa shape index (κ1) is 30.4. The number of hydrogen-bond acceptors (Lipinski definition) is 5. The third kappa shape index (κ3) is 8.88. The van der Waals surface area contributed by atoms with Crippen molar-refractivity contribution >= 4 is 17.8 Å². The smallest absolute Gasteiger partial charge is 0.311 e. The van der Waals surface area contributed by atoms with Crippen LogP contribution < -0.4 is 0 Å². The highest BCUT2D eigenvalue weighted by Crippen LogP contribution is 2.42. The molecule has 1 fully saturated rings. The van der Waals surface area contributed by atoms with Crippen LogP contribution in [0, 0.1) is 16.7 Å². The van der Waals surface area contributed by atoms with Crippen LogP contribution in [0.3, 0.4) is 0 Å². The van der Waals surface area contributed by atoms with Crippen LogP contribution in [-0.2, 0) is 23.9 Å². The molecular formula is C28H51NO5. The fourth-order valence-corrected chi connectivity index (χ4v) is 5.23. The van der Waals surface area contributed by atoms with Gasteiger partial charge in [0.05, 0.1) is 24.0 Å². The maximum absolute atomic E-state index is 13.3. The van der Waals surface area contributed by atoms with Crippen molar-refractivity contribution in [2.45, 2.75) is 125 Å². The van der Waals surface area contributed by atoms with Crippen LogP contribution in [0.1, 0.15) is 119 Å². The molecule has 0 saturated carbocycles. The Labute approximate surface area is 208 Å². The van der Waals surface area contributed by atoms with Crippen molar-refractivity contribution in [3.05, 3.63) is 0 Å². The highest BCUT2D eigenvalue weighted by atomic mass is 16.5. The van der Waals surface area contributed by atoms with Gasteiger partial charge in [0.25, 0.3) is 0 Å². The monoisotopic (exact) mass is 481 g/mol. The molecule has 6 nitrogen and oxygen atoms in total. The molecule has 0 bridgehead atoms. The molecule has 1 heterocycles. The zero-order chi connectivity index (χ0) is 25.8. The molecule has 1 aliphatic heterocycles. The lowest BCUT2D eigenvalue weighted by atomic mass is 9.68. The minimum atomic E-state index is -0.891. The van der Waals surface area contributed by atoms with Gasteiger partial charge in [-0.25, -0.2) is 0 Å². The molecule has 1 rings (SSSR count). The Bertz CT molecular complexity index is 651. The molecule has 0 aromatic carbocycles. The van der Waals surface area contributed by atoms with Crippen LogP contribution in [0.2, 0.25) is 0 Å². The Morgan fingerprint density at radius 3 is 2.26 bits per heavy atom. The minimum absolute atomic E-state index is 0.101. The van der Waals surface area contributed by atoms with Crippen molar-refractivity contribution < 1.29 is 23.9 Å². The molecule has 0 aromatic heterocycles. The van der Waals surface area contributed by atoms with Crippen molar-refractivity contribution in [1.29, 1.82) is 0 Å². The summed E-state index contributed by atoms with van der Waals surface area (Å²) in [6.07, 6.45) is 9.22. The van der Waals surface area contributed by atoms with E-state index >= 15 is 0 Å². The summed E-state index contributed by atoms with van der Waals surface area (Å²) in [5, 5.41) is 0. The quantitative estimate of drug-likeness (QED) is 0.257. The molecule has 0 radical (unpaired) electrons. The zero-order valence-corrected chi connectivity index (χ0v) is 23.0. The van der Waals surface area contributed by atoms with Gasteiger partial charge in [0.15, 0.2) is 0 Å². The van der Waals surface area contributed by atoms with E-state index in [2.05, 4.69) is 13.8 Å². The van der Waals surface area contributed by atoms with E-state index in [1.54, 1.807) is 6.92 Å². The maximum Gasteiger partial charge on any atom is 0.311 e. The number of carbonyl (C=O) groups is 3. The third-order valence-electron chi connectivity index (χ3n) is 7.70. The molecule has 4 atom stereocenters. The summed E-state index contributed by atoms with van der Waals surface area (Å²) in [6, 6.07) is -0.101. The SMILES string of the molecule is CCCCC(CC)COC(=O)C(C)(CC)CC(C)(CC(C)N1CCCCCC1=O)C(=O)OCC. The second-order valence-corrected chi connectivity index (χ2v) is 10.8. The average Bonchev–Trinajstić information content (AvgIpc) is 3.03. The Hall–Kier alpha value is -1.59. The van der Waals surface area contributed by atoms with Gasteiger partial charge in [-0.05, 0) is 72.1 Å². The predicted octanol–water partition coefficient (Wildman–Crippen LogP) is 6.30. The lowest BCUT2D eigenvalue weighted by Crippen LogP contribution is -2.46. The summed E-state index contributed by atoms with van der Waals surface area (Å²) in [4.78, 5) is 41.1. The van der Waals surface area contributed by atoms with Gasteiger partial charge >= 0.3 is 11.9 Å². The number of esters is 2. The van der Waals surface area contributed by atoms with Gasteiger partial charge in [-0.1, -0.05) is 46.5 Å². The molecule has 1 saturated heterocycles. The van der Waals surface area contributed by atoms with Crippen LogP contribution in [0.25, 0.3) is 0 Å². The predicted molar refractivity (Wildman–Crippen MR) is 136 cm³/mol. The molecule has 0 N–H and O–H groups in total. The van der Waals surface area contributed by atoms with Crippen LogP contribution in [0.4, 0.5) is 0 Å². The third-order valence-corrected chi connectivity index (χ3v) is 7.70. The number of amides is 1. The molecule has 1 aliphatic rings. The van der Waals surface area contributed by atoms with Gasteiger partial charge < -0.3 is 14.4 Å². The summed E-state index contributed by atoms with van der Waals surface area (Å²) < 4.78 is 11.3. The normalized spacial score (nSPS) is 20.0. The Balaban J connectivity index is 3.03. The highest BCUT2D eigenvalue weighted by Gasteiger charge is 2.47. The number of hydrogen-bond donors (Lipinski definition) is 0. The number of unbranched alkanes of at least 4 members (excludes halogenated alkanes) is 1. The lowest BCUT2D eigenvalue weighted by Gasteiger charge is -2.39. The van der Waals surface area contributed by atoms with E-state index in [-0.39, 0.29) is 30.5 Å². The molecule has 198 valence electrons. The van der Waals surface area contributed by atoms with Crippen LogP contribution >= 0.6 is 0 Å². The van der Waals surface area contributed by atoms with Gasteiger partial charge in [-0.15, -0.1) is 0 Å². The van der Waals surface area contributed by atoms with Crippen molar-refractivity contribution in [2.75, 3.05) is 19.8 Å². The van der Waals surface area contributed by atoms with Crippen molar-refractivity contribution in [2.24, 2.45) is 16.7 Å². The maximum atomic E-state index is 13.3. The van der Waals surface area contributed by atoms with E-state index < -0.39 is 10.8 Å². The van der Waals surface area contributed by atoms with Gasteiger partial charge in [-0.3, -0.25) is 14.4 Å². The molecule has 0 aromatic rings. The van der Waals surface area contributed by atoms with E-state index in [0.29, 0.717) is 38.2 Å². The van der Waals surface area contributed by atoms with E-state index in [1.807, 2.05) is 32.6 Å². The van der Waals surface area contributed by atoms with Gasteiger partial charge in [0.1, 0.15) is 0 Å². The van der Waals surface area contributed by atoms with Crippen LogP contribution in [-0.4, -0.2) is 48.5 Å². The first-order chi connectivity index (χ1) is 16.1. The summed E-state index contributed by atoms with van der Waals surface area (Å²) in [6.45, 7) is 15.3. The Morgan fingerprint density at radius 1 is 1.00 bits per heavy atom. The van der Waals surface area contributed by atoms with E-state index in [1.165, 1.54) is 0 Å². The molecule has 6 heteroatoms. The topological polar surface area (TPSA) is 72.9 Å². The van der Waals surface area contributed by atoms with Gasteiger partial charge in [0.2, 0.25) is 5.91 Å². The van der Waals surface area contributed by atoms with Crippen molar-refractivity contribution in [1.82, 2.24) is 4.90 Å². The molecular weight excluding hydrogens is 430 g/mol. The van der Waals surface area contributed by atoms with Gasteiger partial charge in [-0.2, -0.15) is 0 Å². The molecule has 0 aliphatic carbocycles. The molecule has 4 unspecified atom stereocenters. The second-order valence-electron chi connectivity index (χ2n) is 10.8. The summed E-state index contributed by atoms with van der Waals surface area (Å²) in [5.74, 6) is -0.00738. The van der Waals surface area contributed by atoms with Crippen LogP contribution in [0.5, 0.6) is 0 Å². The van der Waals surface area contributed by atoms with Crippen LogP contribution in [0.15, 0.2) is 0 Å². The largest absolute Gasteiger partial charge is 0.466 e. The summed E-state index contributed by atoms with van der Waals surface area (Å²) >= 11 is 0. The number of carbonyl (C=O) groups excluding carboxylic acids is 3. The molecule has 0 spiro atoms.